The highest BCUT2D eigenvalue weighted by molar-refractivity contribution is 5.74. The molecule has 1 saturated heterocycles. The molecule has 132 valence electrons. The zero-order chi connectivity index (χ0) is 16.1. The smallest absolute Gasteiger partial charge is 0.317 e. The Labute approximate surface area is 142 Å². The summed E-state index contributed by atoms with van der Waals surface area (Å²) < 4.78 is 0. The monoisotopic (exact) mass is 321 g/mol. The van der Waals surface area contributed by atoms with Gasteiger partial charge < -0.3 is 15.1 Å². The summed E-state index contributed by atoms with van der Waals surface area (Å²) in [5.74, 6) is 1.63. The van der Waals surface area contributed by atoms with Crippen LogP contribution in [0.25, 0.3) is 0 Å². The van der Waals surface area contributed by atoms with Crippen LogP contribution < -0.4 is 5.32 Å². The van der Waals surface area contributed by atoms with E-state index in [9.17, 15) is 4.79 Å². The van der Waals surface area contributed by atoms with Gasteiger partial charge in [0.25, 0.3) is 0 Å². The Morgan fingerprint density at radius 2 is 1.74 bits per heavy atom. The number of likely N-dealkylation sites (tertiary alicyclic amines) is 1. The molecule has 2 saturated carbocycles. The van der Waals surface area contributed by atoms with Crippen LogP contribution in [0.2, 0.25) is 0 Å². The van der Waals surface area contributed by atoms with Crippen LogP contribution in [0.5, 0.6) is 0 Å². The third-order valence-corrected chi connectivity index (χ3v) is 6.01. The molecule has 0 bridgehead atoms. The largest absolute Gasteiger partial charge is 0.337 e. The molecule has 23 heavy (non-hydrogen) atoms. The van der Waals surface area contributed by atoms with Crippen LogP contribution in [-0.2, 0) is 0 Å². The average molecular weight is 322 g/mol. The minimum atomic E-state index is 0.198. The number of amides is 2. The van der Waals surface area contributed by atoms with Crippen molar-refractivity contribution in [3.63, 3.8) is 0 Å². The lowest BCUT2D eigenvalue weighted by molar-refractivity contribution is 0.167. The molecule has 3 aliphatic rings. The predicted molar refractivity (Wildman–Crippen MR) is 94.5 cm³/mol. The summed E-state index contributed by atoms with van der Waals surface area (Å²) in [5, 5.41) is 3.20. The maximum atomic E-state index is 12.6. The first kappa shape index (κ1) is 17.1. The molecule has 3 fully saturated rings. The van der Waals surface area contributed by atoms with E-state index in [1.807, 2.05) is 0 Å². The number of urea groups is 1. The third kappa shape index (κ3) is 5.37. The Balaban J connectivity index is 1.38. The van der Waals surface area contributed by atoms with Crippen molar-refractivity contribution in [3.8, 4) is 0 Å². The number of piperidine rings is 1. The van der Waals surface area contributed by atoms with Crippen molar-refractivity contribution in [1.82, 2.24) is 15.1 Å². The van der Waals surface area contributed by atoms with E-state index >= 15 is 0 Å². The molecule has 0 spiro atoms. The molecule has 4 nitrogen and oxygen atoms in total. The second-order valence-corrected chi connectivity index (χ2v) is 8.14. The normalized spacial score (nSPS) is 24.6. The van der Waals surface area contributed by atoms with Gasteiger partial charge >= 0.3 is 6.03 Å². The maximum Gasteiger partial charge on any atom is 0.317 e. The zero-order valence-corrected chi connectivity index (χ0v) is 14.9. The molecule has 0 aromatic heterocycles. The minimum Gasteiger partial charge on any atom is -0.337 e. The molecule has 1 aliphatic heterocycles. The first-order chi connectivity index (χ1) is 11.2. The molecule has 2 aliphatic carbocycles. The van der Waals surface area contributed by atoms with E-state index in [0.717, 1.165) is 31.5 Å². The standard InChI is InChI=1S/C19H35N3O/c1-16-9-12-21(13-10-16)14-11-20-19(23)22(18-7-8-18)15-17-5-3-2-4-6-17/h16-18H,2-15H2,1H3,(H,20,23). The molecular formula is C19H35N3O. The van der Waals surface area contributed by atoms with Crippen molar-refractivity contribution < 1.29 is 4.79 Å². The van der Waals surface area contributed by atoms with Crippen molar-refractivity contribution in [2.75, 3.05) is 32.7 Å². The molecule has 1 heterocycles. The Hall–Kier alpha value is -0.770. The molecule has 4 heteroatoms. The molecule has 0 unspecified atom stereocenters. The van der Waals surface area contributed by atoms with E-state index in [1.54, 1.807) is 0 Å². The molecule has 0 radical (unpaired) electrons. The fraction of sp³-hybridized carbons (Fsp3) is 0.947. The summed E-state index contributed by atoms with van der Waals surface area (Å²) in [5.41, 5.74) is 0. The van der Waals surface area contributed by atoms with Crippen LogP contribution in [0.1, 0.15) is 64.7 Å². The van der Waals surface area contributed by atoms with Gasteiger partial charge in [0.1, 0.15) is 0 Å². The topological polar surface area (TPSA) is 35.6 Å². The summed E-state index contributed by atoms with van der Waals surface area (Å²) in [6, 6.07) is 0.733. The second-order valence-electron chi connectivity index (χ2n) is 8.14. The van der Waals surface area contributed by atoms with Gasteiger partial charge in [0.05, 0.1) is 0 Å². The fourth-order valence-electron chi connectivity index (χ4n) is 4.14. The lowest BCUT2D eigenvalue weighted by atomic mass is 9.89. The highest BCUT2D eigenvalue weighted by Gasteiger charge is 2.34. The van der Waals surface area contributed by atoms with E-state index in [4.69, 9.17) is 0 Å². The van der Waals surface area contributed by atoms with Gasteiger partial charge in [0.2, 0.25) is 0 Å². The van der Waals surface area contributed by atoms with E-state index in [-0.39, 0.29) is 6.03 Å². The maximum absolute atomic E-state index is 12.6. The fourth-order valence-corrected chi connectivity index (χ4v) is 4.14. The van der Waals surface area contributed by atoms with Gasteiger partial charge in [-0.1, -0.05) is 26.2 Å². The Kier molecular flexibility index (Phi) is 6.21. The van der Waals surface area contributed by atoms with Gasteiger partial charge in [-0.05, 0) is 63.5 Å². The van der Waals surface area contributed by atoms with Crippen molar-refractivity contribution in [3.05, 3.63) is 0 Å². The molecule has 2 amide bonds. The van der Waals surface area contributed by atoms with E-state index in [0.29, 0.717) is 6.04 Å². The predicted octanol–water partition coefficient (Wildman–Crippen LogP) is 3.47. The first-order valence-corrected chi connectivity index (χ1v) is 9.99. The molecule has 0 atom stereocenters. The second kappa shape index (κ2) is 8.36. The van der Waals surface area contributed by atoms with Gasteiger partial charge in [-0.15, -0.1) is 0 Å². The molecular weight excluding hydrogens is 286 g/mol. The van der Waals surface area contributed by atoms with Gasteiger partial charge in [0, 0.05) is 25.7 Å². The van der Waals surface area contributed by atoms with Crippen molar-refractivity contribution >= 4 is 6.03 Å². The summed E-state index contributed by atoms with van der Waals surface area (Å²) in [6.45, 7) is 7.56. The average Bonchev–Trinajstić information content (AvgIpc) is 3.40. The van der Waals surface area contributed by atoms with Gasteiger partial charge in [-0.3, -0.25) is 0 Å². The molecule has 1 N–H and O–H groups in total. The Bertz CT molecular complexity index is 369. The van der Waals surface area contributed by atoms with E-state index in [1.165, 1.54) is 70.9 Å². The van der Waals surface area contributed by atoms with Crippen molar-refractivity contribution in [1.29, 1.82) is 0 Å². The summed E-state index contributed by atoms with van der Waals surface area (Å²) in [4.78, 5) is 17.3. The quantitative estimate of drug-likeness (QED) is 0.813. The van der Waals surface area contributed by atoms with Gasteiger partial charge in [-0.2, -0.15) is 0 Å². The van der Waals surface area contributed by atoms with Crippen molar-refractivity contribution in [2.45, 2.75) is 70.8 Å². The number of carbonyl (C=O) groups is 1. The van der Waals surface area contributed by atoms with Crippen molar-refractivity contribution in [2.24, 2.45) is 11.8 Å². The number of nitrogens with zero attached hydrogens (tertiary/aromatic N) is 2. The van der Waals surface area contributed by atoms with Crippen LogP contribution in [-0.4, -0.2) is 54.6 Å². The van der Waals surface area contributed by atoms with E-state index in [2.05, 4.69) is 22.0 Å². The first-order valence-electron chi connectivity index (χ1n) is 9.99. The van der Waals surface area contributed by atoms with Crippen LogP contribution in [0, 0.1) is 11.8 Å². The lowest BCUT2D eigenvalue weighted by Crippen LogP contribution is -2.46. The number of rotatable bonds is 6. The van der Waals surface area contributed by atoms with E-state index < -0.39 is 0 Å². The third-order valence-electron chi connectivity index (χ3n) is 6.01. The molecule has 0 aromatic rings. The summed E-state index contributed by atoms with van der Waals surface area (Å²) in [7, 11) is 0. The lowest BCUT2D eigenvalue weighted by Gasteiger charge is -2.32. The highest BCUT2D eigenvalue weighted by Crippen LogP contribution is 2.31. The Morgan fingerprint density at radius 3 is 2.39 bits per heavy atom. The van der Waals surface area contributed by atoms with Crippen LogP contribution in [0.15, 0.2) is 0 Å². The number of hydrogen-bond donors (Lipinski definition) is 1. The number of hydrogen-bond acceptors (Lipinski definition) is 2. The zero-order valence-electron chi connectivity index (χ0n) is 14.9. The number of carbonyl (C=O) groups excluding carboxylic acids is 1. The highest BCUT2D eigenvalue weighted by atomic mass is 16.2. The minimum absolute atomic E-state index is 0.198. The molecule has 3 rings (SSSR count). The molecule has 0 aromatic carbocycles. The van der Waals surface area contributed by atoms with Gasteiger partial charge in [-0.25, -0.2) is 4.79 Å². The summed E-state index contributed by atoms with van der Waals surface area (Å²) in [6.07, 6.45) is 11.8. The van der Waals surface area contributed by atoms with Crippen LogP contribution >= 0.6 is 0 Å². The van der Waals surface area contributed by atoms with Crippen LogP contribution in [0.3, 0.4) is 0 Å². The van der Waals surface area contributed by atoms with Crippen LogP contribution in [0.4, 0.5) is 4.79 Å². The van der Waals surface area contributed by atoms with Gasteiger partial charge in [0.15, 0.2) is 0 Å². The SMILES string of the molecule is CC1CCN(CCNC(=O)N(CC2CCCCC2)C2CC2)CC1. The summed E-state index contributed by atoms with van der Waals surface area (Å²) >= 11 is 0. The number of nitrogens with one attached hydrogen (secondary N) is 1. The Morgan fingerprint density at radius 1 is 1.04 bits per heavy atom.